The number of esters is 1. The lowest BCUT2D eigenvalue weighted by Crippen LogP contribution is -2.13. The highest BCUT2D eigenvalue weighted by atomic mass is 19.2. The molecular weight excluding hydrogens is 433 g/mol. The topological polar surface area (TPSA) is 72.5 Å². The van der Waals surface area contributed by atoms with Gasteiger partial charge in [-0.2, -0.15) is 0 Å². The summed E-state index contributed by atoms with van der Waals surface area (Å²) in [7, 11) is 0. The van der Waals surface area contributed by atoms with Crippen molar-refractivity contribution in [1.82, 2.24) is 0 Å². The van der Waals surface area contributed by atoms with Crippen LogP contribution in [-0.4, -0.2) is 58.8 Å². The first kappa shape index (κ1) is 23.8. The van der Waals surface area contributed by atoms with Crippen LogP contribution in [0.15, 0.2) is 30.3 Å². The van der Waals surface area contributed by atoms with Crippen LogP contribution in [-0.2, 0) is 25.6 Å². The molecule has 0 unspecified atom stereocenters. The summed E-state index contributed by atoms with van der Waals surface area (Å²) < 4.78 is 72.4. The van der Waals surface area contributed by atoms with Crippen molar-refractivity contribution in [3.63, 3.8) is 0 Å². The van der Waals surface area contributed by atoms with Crippen LogP contribution in [0.5, 0.6) is 11.5 Å². The summed E-state index contributed by atoms with van der Waals surface area (Å²) in [6.45, 7) is 2.83. The van der Waals surface area contributed by atoms with Crippen LogP contribution in [0.1, 0.15) is 15.9 Å². The molecule has 7 nitrogen and oxygen atoms in total. The maximum absolute atomic E-state index is 13.3. The number of rotatable bonds is 3. The number of hydrogen-bond donors (Lipinski definition) is 0. The second-order valence-electron chi connectivity index (χ2n) is 6.65. The predicted molar refractivity (Wildman–Crippen MR) is 105 cm³/mol. The molecule has 1 heterocycles. The molecule has 0 radical (unpaired) electrons. The monoisotopic (exact) mass is 456 g/mol. The summed E-state index contributed by atoms with van der Waals surface area (Å²) in [6.07, 6.45) is 0. The second-order valence-corrected chi connectivity index (χ2v) is 6.65. The van der Waals surface area contributed by atoms with Gasteiger partial charge in [-0.15, -0.1) is 0 Å². The van der Waals surface area contributed by atoms with Gasteiger partial charge in [-0.05, 0) is 29.8 Å². The summed E-state index contributed by atoms with van der Waals surface area (Å²) in [4.78, 5) is 12.1. The van der Waals surface area contributed by atoms with Crippen molar-refractivity contribution in [2.24, 2.45) is 0 Å². The van der Waals surface area contributed by atoms with Crippen molar-refractivity contribution in [2.75, 3.05) is 52.9 Å². The molecule has 0 bridgehead atoms. The van der Waals surface area contributed by atoms with E-state index in [4.69, 9.17) is 28.4 Å². The zero-order valence-electron chi connectivity index (χ0n) is 17.2. The lowest BCUT2D eigenvalue weighted by atomic mass is 10.2. The van der Waals surface area contributed by atoms with Crippen LogP contribution in [0.25, 0.3) is 0 Å². The molecule has 10 heteroatoms. The van der Waals surface area contributed by atoms with E-state index in [9.17, 15) is 18.0 Å². The number of benzene rings is 2. The van der Waals surface area contributed by atoms with E-state index in [1.165, 1.54) is 0 Å². The summed E-state index contributed by atoms with van der Waals surface area (Å²) in [6, 6.07) is 6.09. The fourth-order valence-corrected chi connectivity index (χ4v) is 2.74. The van der Waals surface area contributed by atoms with E-state index < -0.39 is 29.0 Å². The van der Waals surface area contributed by atoms with Gasteiger partial charge in [0.2, 0.25) is 0 Å². The molecule has 0 aliphatic carbocycles. The van der Waals surface area contributed by atoms with E-state index >= 15 is 0 Å². The standard InChI is InChI=1S/C22H23F3O7/c23-17-12-16(13-18(24)21(17)25)22(26)32-14-15-1-2-19-20(11-15)31-10-8-29-6-4-27-3-5-28-7-9-30-19/h1-2,11-13H,3-10,14H2. The first-order chi connectivity index (χ1) is 15.5. The average Bonchev–Trinajstić information content (AvgIpc) is 2.79. The largest absolute Gasteiger partial charge is 0.487 e. The molecule has 0 N–H and O–H groups in total. The van der Waals surface area contributed by atoms with E-state index in [-0.39, 0.29) is 13.2 Å². The Morgan fingerprint density at radius 3 is 1.88 bits per heavy atom. The Morgan fingerprint density at radius 2 is 1.28 bits per heavy atom. The quantitative estimate of drug-likeness (QED) is 0.519. The number of hydrogen-bond acceptors (Lipinski definition) is 7. The van der Waals surface area contributed by atoms with Gasteiger partial charge >= 0.3 is 5.97 Å². The van der Waals surface area contributed by atoms with Crippen molar-refractivity contribution >= 4 is 5.97 Å². The van der Waals surface area contributed by atoms with Crippen LogP contribution in [0.4, 0.5) is 13.2 Å². The summed E-state index contributed by atoms with van der Waals surface area (Å²) >= 11 is 0. The summed E-state index contributed by atoms with van der Waals surface area (Å²) in [5.41, 5.74) is 0.114. The molecule has 0 amide bonds. The van der Waals surface area contributed by atoms with Gasteiger partial charge in [0.1, 0.15) is 19.8 Å². The van der Waals surface area contributed by atoms with E-state index in [1.807, 2.05) is 0 Å². The number of carbonyl (C=O) groups is 1. The van der Waals surface area contributed by atoms with Crippen molar-refractivity contribution in [2.45, 2.75) is 6.61 Å². The third kappa shape index (κ3) is 7.11. The summed E-state index contributed by atoms with van der Waals surface area (Å²) in [5, 5.41) is 0. The Bertz CT molecular complexity index is 884. The molecule has 2 aromatic rings. The number of halogens is 3. The molecule has 1 aliphatic heterocycles. The summed E-state index contributed by atoms with van der Waals surface area (Å²) in [5.74, 6) is -4.71. The Labute approximate surface area is 182 Å². The molecule has 32 heavy (non-hydrogen) atoms. The first-order valence-electron chi connectivity index (χ1n) is 9.98. The molecular formula is C22H23F3O7. The van der Waals surface area contributed by atoms with Gasteiger partial charge in [0.05, 0.1) is 45.2 Å². The minimum atomic E-state index is -1.65. The third-order valence-corrected chi connectivity index (χ3v) is 4.31. The maximum atomic E-state index is 13.3. The van der Waals surface area contributed by atoms with Crippen LogP contribution < -0.4 is 9.47 Å². The normalized spacial score (nSPS) is 16.0. The third-order valence-electron chi connectivity index (χ3n) is 4.31. The molecule has 3 rings (SSSR count). The number of fused-ring (bicyclic) bond motifs is 1. The maximum Gasteiger partial charge on any atom is 0.338 e. The average molecular weight is 456 g/mol. The van der Waals surface area contributed by atoms with E-state index in [0.29, 0.717) is 75.4 Å². The molecule has 1 aliphatic rings. The minimum Gasteiger partial charge on any atom is -0.487 e. The van der Waals surface area contributed by atoms with Crippen LogP contribution in [0.2, 0.25) is 0 Å². The van der Waals surface area contributed by atoms with E-state index in [0.717, 1.165) is 0 Å². The van der Waals surface area contributed by atoms with E-state index in [2.05, 4.69) is 0 Å². The first-order valence-corrected chi connectivity index (χ1v) is 9.98. The lowest BCUT2D eigenvalue weighted by molar-refractivity contribution is 0.00708. The molecule has 0 spiro atoms. The van der Waals surface area contributed by atoms with E-state index in [1.54, 1.807) is 18.2 Å². The highest BCUT2D eigenvalue weighted by Gasteiger charge is 2.17. The zero-order chi connectivity index (χ0) is 22.8. The molecule has 0 aromatic heterocycles. The van der Waals surface area contributed by atoms with Crippen molar-refractivity contribution in [3.05, 3.63) is 58.9 Å². The van der Waals surface area contributed by atoms with Gasteiger partial charge in [0, 0.05) is 0 Å². The molecule has 0 saturated carbocycles. The molecule has 174 valence electrons. The Kier molecular flexibility index (Phi) is 9.14. The lowest BCUT2D eigenvalue weighted by Gasteiger charge is -2.14. The molecule has 0 atom stereocenters. The molecule has 0 saturated heterocycles. The Hall–Kier alpha value is -2.82. The highest BCUT2D eigenvalue weighted by molar-refractivity contribution is 5.89. The van der Waals surface area contributed by atoms with Crippen molar-refractivity contribution in [3.8, 4) is 11.5 Å². The number of carbonyl (C=O) groups excluding carboxylic acids is 1. The Balaban J connectivity index is 1.63. The smallest absolute Gasteiger partial charge is 0.338 e. The van der Waals surface area contributed by atoms with Crippen LogP contribution >= 0.6 is 0 Å². The van der Waals surface area contributed by atoms with Gasteiger partial charge in [0.25, 0.3) is 0 Å². The minimum absolute atomic E-state index is 0.201. The fourth-order valence-electron chi connectivity index (χ4n) is 2.74. The SMILES string of the molecule is O=C(OCc1ccc2c(c1)OCCOCCOCCOCCO2)c1cc(F)c(F)c(F)c1. The molecule has 0 fully saturated rings. The van der Waals surface area contributed by atoms with Gasteiger partial charge in [-0.1, -0.05) is 6.07 Å². The zero-order valence-corrected chi connectivity index (χ0v) is 17.2. The van der Waals surface area contributed by atoms with Crippen molar-refractivity contribution < 1.29 is 46.4 Å². The second kappa shape index (κ2) is 12.3. The van der Waals surface area contributed by atoms with Gasteiger partial charge in [0.15, 0.2) is 29.0 Å². The van der Waals surface area contributed by atoms with Gasteiger partial charge < -0.3 is 28.4 Å². The van der Waals surface area contributed by atoms with Crippen LogP contribution in [0.3, 0.4) is 0 Å². The van der Waals surface area contributed by atoms with Gasteiger partial charge in [-0.25, -0.2) is 18.0 Å². The predicted octanol–water partition coefficient (Wildman–Crippen LogP) is 3.28. The van der Waals surface area contributed by atoms with Gasteiger partial charge in [-0.3, -0.25) is 0 Å². The Morgan fingerprint density at radius 1 is 0.750 bits per heavy atom. The van der Waals surface area contributed by atoms with Crippen molar-refractivity contribution in [1.29, 1.82) is 0 Å². The fraction of sp³-hybridized carbons (Fsp3) is 0.409. The molecule has 2 aromatic carbocycles. The highest BCUT2D eigenvalue weighted by Crippen LogP contribution is 2.29. The van der Waals surface area contributed by atoms with Crippen LogP contribution in [0, 0.1) is 17.5 Å². The number of ether oxygens (including phenoxy) is 6.